The van der Waals surface area contributed by atoms with Crippen molar-refractivity contribution in [1.29, 1.82) is 0 Å². The second-order valence-electron chi connectivity index (χ2n) is 4.82. The Bertz CT molecular complexity index is 763. The first-order chi connectivity index (χ1) is 10.3. The van der Waals surface area contributed by atoms with Gasteiger partial charge in [-0.1, -0.05) is 30.3 Å². The average molecular weight is 280 g/mol. The van der Waals surface area contributed by atoms with E-state index in [1.165, 1.54) is 0 Å². The molecule has 3 rings (SSSR count). The van der Waals surface area contributed by atoms with E-state index in [0.29, 0.717) is 6.42 Å². The highest BCUT2D eigenvalue weighted by Crippen LogP contribution is 2.21. The second kappa shape index (κ2) is 5.81. The Hall–Kier alpha value is -2.59. The van der Waals surface area contributed by atoms with Gasteiger partial charge in [0.25, 0.3) is 0 Å². The van der Waals surface area contributed by atoms with Crippen molar-refractivity contribution in [1.82, 2.24) is 4.57 Å². The van der Waals surface area contributed by atoms with E-state index in [2.05, 4.69) is 5.48 Å². The Kier molecular flexibility index (Phi) is 3.71. The third kappa shape index (κ3) is 2.80. The van der Waals surface area contributed by atoms with Crippen LogP contribution in [0.15, 0.2) is 60.8 Å². The lowest BCUT2D eigenvalue weighted by molar-refractivity contribution is 0.0919. The molecule has 4 heteroatoms. The van der Waals surface area contributed by atoms with Crippen molar-refractivity contribution < 1.29 is 9.63 Å². The maximum Gasteiger partial charge on any atom is 0.235 e. The summed E-state index contributed by atoms with van der Waals surface area (Å²) in [6.07, 6.45) is 2.20. The number of nitrogens with zero attached hydrogens (tertiary/aromatic N) is 1. The first-order valence-corrected chi connectivity index (χ1v) is 6.75. The van der Waals surface area contributed by atoms with Gasteiger partial charge in [0.05, 0.1) is 24.7 Å². The molecule has 4 nitrogen and oxygen atoms in total. The van der Waals surface area contributed by atoms with Crippen LogP contribution in [0.5, 0.6) is 0 Å². The standard InChI is InChI=1S/C17H16N2O2/c1-21-18-15-7-8-16-14(12-15)9-10-19(16)17(20)11-13-5-3-2-4-6-13/h2-10,12,18H,11H2,1H3. The number of nitrogens with one attached hydrogen (secondary N) is 1. The van der Waals surface area contributed by atoms with E-state index in [4.69, 9.17) is 4.84 Å². The lowest BCUT2D eigenvalue weighted by Gasteiger charge is -2.06. The van der Waals surface area contributed by atoms with Gasteiger partial charge in [0.1, 0.15) is 0 Å². The molecule has 2 aromatic carbocycles. The molecule has 0 saturated heterocycles. The predicted molar refractivity (Wildman–Crippen MR) is 83.3 cm³/mol. The largest absolute Gasteiger partial charge is 0.287 e. The Balaban J connectivity index is 1.88. The number of fused-ring (bicyclic) bond motifs is 1. The van der Waals surface area contributed by atoms with Gasteiger partial charge >= 0.3 is 0 Å². The van der Waals surface area contributed by atoms with Crippen molar-refractivity contribution in [2.45, 2.75) is 6.42 Å². The van der Waals surface area contributed by atoms with Crippen LogP contribution >= 0.6 is 0 Å². The molecule has 0 aliphatic heterocycles. The van der Waals surface area contributed by atoms with Crippen LogP contribution in [0.1, 0.15) is 10.4 Å². The third-order valence-electron chi connectivity index (χ3n) is 3.38. The molecule has 1 aromatic heterocycles. The molecule has 0 aliphatic carbocycles. The molecule has 0 unspecified atom stereocenters. The molecule has 21 heavy (non-hydrogen) atoms. The summed E-state index contributed by atoms with van der Waals surface area (Å²) >= 11 is 0. The second-order valence-corrected chi connectivity index (χ2v) is 4.82. The molecular weight excluding hydrogens is 264 g/mol. The van der Waals surface area contributed by atoms with E-state index in [-0.39, 0.29) is 5.91 Å². The molecule has 0 radical (unpaired) electrons. The van der Waals surface area contributed by atoms with Gasteiger partial charge < -0.3 is 0 Å². The quantitative estimate of drug-likeness (QED) is 0.744. The summed E-state index contributed by atoms with van der Waals surface area (Å²) in [4.78, 5) is 17.3. The van der Waals surface area contributed by atoms with Crippen molar-refractivity contribution in [2.24, 2.45) is 0 Å². The van der Waals surface area contributed by atoms with E-state index in [0.717, 1.165) is 22.2 Å². The van der Waals surface area contributed by atoms with Crippen LogP contribution < -0.4 is 5.48 Å². The van der Waals surface area contributed by atoms with E-state index < -0.39 is 0 Å². The van der Waals surface area contributed by atoms with Gasteiger partial charge in [-0.3, -0.25) is 19.7 Å². The summed E-state index contributed by atoms with van der Waals surface area (Å²) in [6, 6.07) is 17.4. The average Bonchev–Trinajstić information content (AvgIpc) is 2.92. The fourth-order valence-electron chi connectivity index (χ4n) is 2.40. The van der Waals surface area contributed by atoms with Crippen LogP contribution in [-0.4, -0.2) is 17.6 Å². The van der Waals surface area contributed by atoms with E-state index in [1.54, 1.807) is 11.7 Å². The van der Waals surface area contributed by atoms with Gasteiger partial charge in [-0.25, -0.2) is 0 Å². The highest BCUT2D eigenvalue weighted by molar-refractivity contribution is 5.94. The highest BCUT2D eigenvalue weighted by atomic mass is 16.6. The van der Waals surface area contributed by atoms with Crippen LogP contribution in [-0.2, 0) is 11.3 Å². The molecule has 0 aliphatic rings. The minimum Gasteiger partial charge on any atom is -0.287 e. The Morgan fingerprint density at radius 1 is 1.14 bits per heavy atom. The van der Waals surface area contributed by atoms with Crippen molar-refractivity contribution in [3.8, 4) is 0 Å². The molecule has 1 heterocycles. The molecule has 0 bridgehead atoms. The zero-order valence-electron chi connectivity index (χ0n) is 11.7. The Morgan fingerprint density at radius 2 is 1.95 bits per heavy atom. The van der Waals surface area contributed by atoms with Crippen molar-refractivity contribution in [3.63, 3.8) is 0 Å². The van der Waals surface area contributed by atoms with Crippen LogP contribution in [0.3, 0.4) is 0 Å². The van der Waals surface area contributed by atoms with E-state index in [9.17, 15) is 4.79 Å². The number of hydrogen-bond acceptors (Lipinski definition) is 3. The smallest absolute Gasteiger partial charge is 0.235 e. The summed E-state index contributed by atoms with van der Waals surface area (Å²) in [6.45, 7) is 0. The summed E-state index contributed by atoms with van der Waals surface area (Å²) in [5, 5.41) is 0.999. The molecule has 3 aromatic rings. The predicted octanol–water partition coefficient (Wildman–Crippen LogP) is 3.50. The van der Waals surface area contributed by atoms with Crippen LogP contribution in [0.25, 0.3) is 10.9 Å². The lowest BCUT2D eigenvalue weighted by atomic mass is 10.1. The topological polar surface area (TPSA) is 43.3 Å². The molecule has 0 saturated carbocycles. The lowest BCUT2D eigenvalue weighted by Crippen LogP contribution is -2.12. The molecule has 0 amide bonds. The van der Waals surface area contributed by atoms with Crippen molar-refractivity contribution in [3.05, 3.63) is 66.4 Å². The summed E-state index contributed by atoms with van der Waals surface area (Å²) in [5.41, 5.74) is 5.56. The minimum absolute atomic E-state index is 0.0589. The number of carbonyl (C=O) groups excluding carboxylic acids is 1. The van der Waals surface area contributed by atoms with Crippen LogP contribution in [0.2, 0.25) is 0 Å². The zero-order chi connectivity index (χ0) is 14.7. The number of rotatable bonds is 4. The molecule has 1 N–H and O–H groups in total. The van der Waals surface area contributed by atoms with Gasteiger partial charge in [0, 0.05) is 11.6 Å². The van der Waals surface area contributed by atoms with E-state index in [1.807, 2.05) is 60.8 Å². The van der Waals surface area contributed by atoms with Gasteiger partial charge in [0.2, 0.25) is 5.91 Å². The van der Waals surface area contributed by atoms with Crippen LogP contribution in [0, 0.1) is 0 Å². The zero-order valence-corrected chi connectivity index (χ0v) is 11.7. The number of carbonyl (C=O) groups is 1. The van der Waals surface area contributed by atoms with Gasteiger partial charge in [0.15, 0.2) is 0 Å². The molecular formula is C17H16N2O2. The Morgan fingerprint density at radius 3 is 2.71 bits per heavy atom. The molecule has 106 valence electrons. The summed E-state index contributed by atoms with van der Waals surface area (Å²) in [7, 11) is 1.57. The minimum atomic E-state index is 0.0589. The van der Waals surface area contributed by atoms with Gasteiger partial charge in [-0.15, -0.1) is 0 Å². The molecule has 0 spiro atoms. The fourth-order valence-corrected chi connectivity index (χ4v) is 2.40. The van der Waals surface area contributed by atoms with E-state index >= 15 is 0 Å². The first kappa shape index (κ1) is 13.4. The van der Waals surface area contributed by atoms with Crippen LogP contribution in [0.4, 0.5) is 5.69 Å². The number of benzene rings is 2. The number of hydrogen-bond donors (Lipinski definition) is 1. The first-order valence-electron chi connectivity index (χ1n) is 6.75. The maximum atomic E-state index is 12.4. The Labute approximate surface area is 122 Å². The third-order valence-corrected chi connectivity index (χ3v) is 3.38. The maximum absolute atomic E-state index is 12.4. The SMILES string of the molecule is CONc1ccc2c(ccn2C(=O)Cc2ccccc2)c1. The normalized spacial score (nSPS) is 10.7. The number of anilines is 1. The molecule has 0 fully saturated rings. The molecule has 0 atom stereocenters. The fraction of sp³-hybridized carbons (Fsp3) is 0.118. The number of aromatic nitrogens is 1. The van der Waals surface area contributed by atoms with Gasteiger partial charge in [-0.2, -0.15) is 0 Å². The monoisotopic (exact) mass is 280 g/mol. The van der Waals surface area contributed by atoms with Crippen molar-refractivity contribution >= 4 is 22.5 Å². The highest BCUT2D eigenvalue weighted by Gasteiger charge is 2.10. The van der Waals surface area contributed by atoms with Crippen molar-refractivity contribution in [2.75, 3.05) is 12.6 Å². The van der Waals surface area contributed by atoms with Gasteiger partial charge in [-0.05, 0) is 29.8 Å². The summed E-state index contributed by atoms with van der Waals surface area (Å²) in [5.74, 6) is 0.0589. The summed E-state index contributed by atoms with van der Waals surface area (Å²) < 4.78 is 1.69.